The van der Waals surface area contributed by atoms with Gasteiger partial charge in [-0.25, -0.2) is 0 Å². The summed E-state index contributed by atoms with van der Waals surface area (Å²) in [7, 11) is 0. The van der Waals surface area contributed by atoms with Crippen LogP contribution >= 0.6 is 0 Å². The smallest absolute Gasteiger partial charge is 0.167 e. The van der Waals surface area contributed by atoms with Crippen LogP contribution in [0.2, 0.25) is 0 Å². The number of ketones is 2. The average molecular weight is 192 g/mol. The molecule has 0 fully saturated rings. The Morgan fingerprint density at radius 1 is 0.857 bits per heavy atom. The van der Waals surface area contributed by atoms with Gasteiger partial charge in [-0.1, -0.05) is 0 Å². The lowest BCUT2D eigenvalue weighted by atomic mass is 9.76. The first-order chi connectivity index (χ1) is 6.61. The van der Waals surface area contributed by atoms with E-state index in [4.69, 9.17) is 0 Å². The molecule has 14 heavy (non-hydrogen) atoms. The Labute approximate surface area is 79.9 Å². The van der Waals surface area contributed by atoms with Gasteiger partial charge in [0.2, 0.25) is 0 Å². The summed E-state index contributed by atoms with van der Waals surface area (Å²) in [5.74, 6) is -2.92. The molecule has 0 spiro atoms. The van der Waals surface area contributed by atoms with Crippen LogP contribution in [0.1, 0.15) is 0 Å². The molecule has 2 rings (SSSR count). The predicted octanol–water partition coefficient (Wildman–Crippen LogP) is 0.824. The number of carbonyl (C=O) groups is 2. The maximum Gasteiger partial charge on any atom is 0.167 e. The van der Waals surface area contributed by atoms with Gasteiger partial charge in [0.05, 0.1) is 11.8 Å². The first-order valence-electron chi connectivity index (χ1n) is 4.16. The second kappa shape index (κ2) is 2.83. The third-order valence-electron chi connectivity index (χ3n) is 2.42. The largest absolute Gasteiger partial charge is 0.511 e. The molecule has 2 aliphatic rings. The number of aliphatic hydroxyl groups excluding tert-OH is 2. The van der Waals surface area contributed by atoms with Crippen LogP contribution in [-0.2, 0) is 9.59 Å². The van der Waals surface area contributed by atoms with Gasteiger partial charge in [0.1, 0.15) is 11.5 Å². The Morgan fingerprint density at radius 3 is 1.57 bits per heavy atom. The van der Waals surface area contributed by atoms with Gasteiger partial charge >= 0.3 is 0 Å². The molecule has 0 heterocycles. The van der Waals surface area contributed by atoms with Crippen molar-refractivity contribution in [2.24, 2.45) is 11.8 Å². The van der Waals surface area contributed by atoms with E-state index in [1.165, 1.54) is 12.2 Å². The van der Waals surface area contributed by atoms with Crippen molar-refractivity contribution in [3.63, 3.8) is 0 Å². The molecule has 2 atom stereocenters. The van der Waals surface area contributed by atoms with Crippen LogP contribution in [0.4, 0.5) is 0 Å². The van der Waals surface area contributed by atoms with Gasteiger partial charge in [-0.2, -0.15) is 0 Å². The van der Waals surface area contributed by atoms with Crippen LogP contribution in [0.25, 0.3) is 0 Å². The van der Waals surface area contributed by atoms with Gasteiger partial charge < -0.3 is 10.2 Å². The van der Waals surface area contributed by atoms with Crippen molar-refractivity contribution in [3.05, 3.63) is 35.8 Å². The zero-order chi connectivity index (χ0) is 10.3. The standard InChI is InChI=1S/C10H8O4/c11-5-1-2-6(12)10-8(14)4-3-7(13)9(5)10/h1-4,9-12H/t9-,10-/m1/s1. The number of allylic oxidation sites excluding steroid dienone is 6. The number of fused-ring (bicyclic) bond motifs is 1. The minimum atomic E-state index is -0.933. The highest BCUT2D eigenvalue weighted by Gasteiger charge is 2.41. The molecule has 4 heteroatoms. The molecule has 2 aliphatic carbocycles. The molecule has 0 aromatic heterocycles. The average Bonchev–Trinajstić information content (AvgIpc) is 2.16. The van der Waals surface area contributed by atoms with Crippen LogP contribution in [0.3, 0.4) is 0 Å². The summed E-state index contributed by atoms with van der Waals surface area (Å²) in [6.45, 7) is 0. The van der Waals surface area contributed by atoms with Crippen LogP contribution in [0.5, 0.6) is 0 Å². The summed E-state index contributed by atoms with van der Waals surface area (Å²) < 4.78 is 0. The fraction of sp³-hybridized carbons (Fsp3) is 0.200. The van der Waals surface area contributed by atoms with Gasteiger partial charge in [0.15, 0.2) is 11.6 Å². The molecule has 0 aromatic rings. The van der Waals surface area contributed by atoms with Gasteiger partial charge in [-0.15, -0.1) is 0 Å². The van der Waals surface area contributed by atoms with Crippen molar-refractivity contribution in [1.29, 1.82) is 0 Å². The topological polar surface area (TPSA) is 74.6 Å². The Balaban J connectivity index is 2.52. The zero-order valence-electron chi connectivity index (χ0n) is 7.18. The molecule has 0 aromatic carbocycles. The van der Waals surface area contributed by atoms with E-state index in [1.54, 1.807) is 0 Å². The van der Waals surface area contributed by atoms with E-state index in [-0.39, 0.29) is 23.1 Å². The van der Waals surface area contributed by atoms with E-state index < -0.39 is 11.8 Å². The van der Waals surface area contributed by atoms with Crippen molar-refractivity contribution < 1.29 is 19.8 Å². The highest BCUT2D eigenvalue weighted by molar-refractivity contribution is 6.09. The Morgan fingerprint density at radius 2 is 1.21 bits per heavy atom. The molecule has 0 radical (unpaired) electrons. The molecule has 0 aliphatic heterocycles. The summed E-state index contributed by atoms with van der Waals surface area (Å²) >= 11 is 0. The quantitative estimate of drug-likeness (QED) is 0.596. The molecule has 0 saturated carbocycles. The fourth-order valence-electron chi connectivity index (χ4n) is 1.71. The highest BCUT2D eigenvalue weighted by atomic mass is 16.3. The van der Waals surface area contributed by atoms with E-state index >= 15 is 0 Å². The summed E-state index contributed by atoms with van der Waals surface area (Å²) in [5, 5.41) is 18.8. The van der Waals surface area contributed by atoms with Crippen LogP contribution in [0, 0.1) is 11.8 Å². The van der Waals surface area contributed by atoms with Crippen molar-refractivity contribution in [2.75, 3.05) is 0 Å². The van der Waals surface area contributed by atoms with E-state index in [0.717, 1.165) is 12.2 Å². The first-order valence-corrected chi connectivity index (χ1v) is 4.16. The predicted molar refractivity (Wildman–Crippen MR) is 47.6 cm³/mol. The van der Waals surface area contributed by atoms with Crippen LogP contribution in [-0.4, -0.2) is 21.8 Å². The van der Waals surface area contributed by atoms with Crippen LogP contribution in [0.15, 0.2) is 35.8 Å². The third-order valence-corrected chi connectivity index (χ3v) is 2.42. The van der Waals surface area contributed by atoms with E-state index in [2.05, 4.69) is 0 Å². The minimum Gasteiger partial charge on any atom is -0.511 e. The third kappa shape index (κ3) is 1.08. The van der Waals surface area contributed by atoms with E-state index in [9.17, 15) is 19.8 Å². The van der Waals surface area contributed by atoms with Gasteiger partial charge in [0, 0.05) is 0 Å². The second-order valence-electron chi connectivity index (χ2n) is 3.28. The molecule has 4 nitrogen and oxygen atoms in total. The Hall–Kier alpha value is -1.84. The van der Waals surface area contributed by atoms with Gasteiger partial charge in [-0.05, 0) is 24.3 Å². The molecular formula is C10H8O4. The molecule has 0 unspecified atom stereocenters. The van der Waals surface area contributed by atoms with Gasteiger partial charge in [0.25, 0.3) is 0 Å². The minimum absolute atomic E-state index is 0.171. The number of aliphatic hydroxyl groups is 2. The van der Waals surface area contributed by atoms with E-state index in [1.807, 2.05) is 0 Å². The fourth-order valence-corrected chi connectivity index (χ4v) is 1.71. The van der Waals surface area contributed by atoms with Crippen molar-refractivity contribution in [1.82, 2.24) is 0 Å². The molecule has 0 bridgehead atoms. The van der Waals surface area contributed by atoms with Crippen molar-refractivity contribution in [3.8, 4) is 0 Å². The lowest BCUT2D eigenvalue weighted by molar-refractivity contribution is -0.128. The lowest BCUT2D eigenvalue weighted by Gasteiger charge is -2.27. The summed E-state index contributed by atoms with van der Waals surface area (Å²) in [5.41, 5.74) is 0. The van der Waals surface area contributed by atoms with Crippen molar-refractivity contribution >= 4 is 11.6 Å². The van der Waals surface area contributed by atoms with Gasteiger partial charge in [-0.3, -0.25) is 9.59 Å². The summed E-state index contributed by atoms with van der Waals surface area (Å²) in [4.78, 5) is 22.7. The Bertz CT molecular complexity index is 362. The number of hydrogen-bond donors (Lipinski definition) is 2. The lowest BCUT2D eigenvalue weighted by Crippen LogP contribution is -2.36. The summed E-state index contributed by atoms with van der Waals surface area (Å²) in [6, 6.07) is 0. The number of rotatable bonds is 0. The second-order valence-corrected chi connectivity index (χ2v) is 3.28. The molecule has 72 valence electrons. The first kappa shape index (κ1) is 8.74. The number of carbonyl (C=O) groups excluding carboxylic acids is 2. The normalized spacial score (nSPS) is 30.9. The maximum absolute atomic E-state index is 11.4. The maximum atomic E-state index is 11.4. The van der Waals surface area contributed by atoms with Crippen LogP contribution < -0.4 is 0 Å². The highest BCUT2D eigenvalue weighted by Crippen LogP contribution is 2.33. The number of hydrogen-bond acceptors (Lipinski definition) is 4. The molecule has 0 amide bonds. The summed E-state index contributed by atoms with van der Waals surface area (Å²) in [6.07, 6.45) is 4.74. The molecule has 2 N–H and O–H groups in total. The monoisotopic (exact) mass is 192 g/mol. The molecular weight excluding hydrogens is 184 g/mol. The Kier molecular flexibility index (Phi) is 1.77. The van der Waals surface area contributed by atoms with E-state index in [0.29, 0.717) is 0 Å². The zero-order valence-corrected chi connectivity index (χ0v) is 7.18. The van der Waals surface area contributed by atoms with Crippen molar-refractivity contribution in [2.45, 2.75) is 0 Å². The SMILES string of the molecule is O=C1C=CC(=O)[C@H]2C(O)=CC=C(O)[C@H]12. The molecule has 0 saturated heterocycles.